The number of nitrogens with zero attached hydrogens (tertiary/aromatic N) is 3. The number of hydrogen-bond acceptors (Lipinski definition) is 9. The summed E-state index contributed by atoms with van der Waals surface area (Å²) in [6.45, 7) is 4.16. The van der Waals surface area contributed by atoms with Crippen LogP contribution in [0.1, 0.15) is 24.5 Å². The number of carbonyl (C=O) groups is 1. The lowest BCUT2D eigenvalue weighted by Crippen LogP contribution is -2.30. The number of thioether (sulfide) groups is 1. The number of amides is 1. The van der Waals surface area contributed by atoms with Crippen molar-refractivity contribution in [1.29, 1.82) is 0 Å². The van der Waals surface area contributed by atoms with Crippen LogP contribution in [0.3, 0.4) is 0 Å². The van der Waals surface area contributed by atoms with E-state index in [1.807, 2.05) is 31.2 Å². The number of fused-ring (bicyclic) bond motifs is 1. The molecular weight excluding hydrogens is 524 g/mol. The van der Waals surface area contributed by atoms with Gasteiger partial charge in [0.2, 0.25) is 0 Å². The van der Waals surface area contributed by atoms with Crippen LogP contribution in [0.2, 0.25) is 0 Å². The molecule has 3 aromatic rings. The molecule has 11 heteroatoms. The molecule has 0 radical (unpaired) electrons. The molecule has 200 valence electrons. The molecule has 1 fully saturated rings. The number of ether oxygens (including phenoxy) is 3. The van der Waals surface area contributed by atoms with Crippen LogP contribution in [0.25, 0.3) is 11.7 Å². The van der Waals surface area contributed by atoms with Crippen molar-refractivity contribution in [1.82, 2.24) is 14.3 Å². The summed E-state index contributed by atoms with van der Waals surface area (Å²) < 4.78 is 18.0. The van der Waals surface area contributed by atoms with Crippen molar-refractivity contribution in [2.75, 3.05) is 45.8 Å². The number of rotatable bonds is 12. The van der Waals surface area contributed by atoms with Crippen molar-refractivity contribution in [2.45, 2.75) is 19.8 Å². The van der Waals surface area contributed by atoms with Crippen molar-refractivity contribution >= 4 is 51.7 Å². The first-order valence-corrected chi connectivity index (χ1v) is 13.5. The van der Waals surface area contributed by atoms with E-state index >= 15 is 0 Å². The van der Waals surface area contributed by atoms with Crippen LogP contribution in [0.15, 0.2) is 52.3 Å². The van der Waals surface area contributed by atoms with Gasteiger partial charge in [0.1, 0.15) is 15.8 Å². The third-order valence-electron chi connectivity index (χ3n) is 5.95. The van der Waals surface area contributed by atoms with Gasteiger partial charge < -0.3 is 19.5 Å². The lowest BCUT2D eigenvalue weighted by Gasteiger charge is -2.15. The SMILES string of the molecule is CCOCCCNc1nc2ccccn2c(=O)c1/C=C1/SC(=S)N(CCc2ccc(OC)c(OC)c2)C1=O. The standard InChI is InChI=1S/C27H30N4O5S2/c1-4-36-15-7-12-28-24-19(25(32)30-13-6-5-8-23(30)29-24)17-22-26(33)31(27(37)38-22)14-11-18-9-10-20(34-2)21(16-18)35-3/h5-6,8-10,13,16-17,28H,4,7,11-12,14-15H2,1-3H3/b22-17+. The number of nitrogens with one attached hydrogen (secondary N) is 1. The summed E-state index contributed by atoms with van der Waals surface area (Å²) in [5.74, 6) is 1.46. The molecule has 1 N–H and O–H groups in total. The number of pyridine rings is 1. The summed E-state index contributed by atoms with van der Waals surface area (Å²) >= 11 is 6.71. The highest BCUT2D eigenvalue weighted by atomic mass is 32.2. The second-order valence-corrected chi connectivity index (χ2v) is 10.0. The Kier molecular flexibility index (Phi) is 9.38. The Morgan fingerprint density at radius 2 is 1.95 bits per heavy atom. The molecule has 3 heterocycles. The summed E-state index contributed by atoms with van der Waals surface area (Å²) in [4.78, 5) is 33.3. The average molecular weight is 555 g/mol. The van der Waals surface area contributed by atoms with Crippen molar-refractivity contribution in [2.24, 2.45) is 0 Å². The van der Waals surface area contributed by atoms with Crippen LogP contribution < -0.4 is 20.3 Å². The number of hydrogen-bond donors (Lipinski definition) is 1. The minimum Gasteiger partial charge on any atom is -0.493 e. The van der Waals surface area contributed by atoms with Gasteiger partial charge in [0.25, 0.3) is 11.5 Å². The molecule has 0 aliphatic carbocycles. The molecule has 9 nitrogen and oxygen atoms in total. The third kappa shape index (κ3) is 6.17. The van der Waals surface area contributed by atoms with Gasteiger partial charge in [0.05, 0.1) is 24.7 Å². The maximum Gasteiger partial charge on any atom is 0.267 e. The second kappa shape index (κ2) is 12.9. The predicted molar refractivity (Wildman–Crippen MR) is 154 cm³/mol. The van der Waals surface area contributed by atoms with E-state index in [1.165, 1.54) is 16.2 Å². The quantitative estimate of drug-likeness (QED) is 0.203. The molecular formula is C27H30N4O5S2. The lowest BCUT2D eigenvalue weighted by atomic mass is 10.1. The van der Waals surface area contributed by atoms with Gasteiger partial charge in [0, 0.05) is 32.5 Å². The third-order valence-corrected chi connectivity index (χ3v) is 7.33. The van der Waals surface area contributed by atoms with E-state index in [1.54, 1.807) is 43.5 Å². The van der Waals surface area contributed by atoms with Gasteiger partial charge >= 0.3 is 0 Å². The molecule has 1 aromatic carbocycles. The average Bonchev–Trinajstić information content (AvgIpc) is 3.20. The molecule has 1 saturated heterocycles. The zero-order chi connectivity index (χ0) is 27.1. The fourth-order valence-corrected chi connectivity index (χ4v) is 5.28. The maximum atomic E-state index is 13.4. The molecule has 0 saturated carbocycles. The highest BCUT2D eigenvalue weighted by molar-refractivity contribution is 8.26. The number of methoxy groups -OCH3 is 2. The molecule has 38 heavy (non-hydrogen) atoms. The molecule has 1 aliphatic heterocycles. The molecule has 4 rings (SSSR count). The monoisotopic (exact) mass is 554 g/mol. The van der Waals surface area contributed by atoms with E-state index in [2.05, 4.69) is 10.3 Å². The number of thiocarbonyl (C=S) groups is 1. The van der Waals surface area contributed by atoms with E-state index in [0.717, 1.165) is 12.0 Å². The molecule has 0 unspecified atom stereocenters. The van der Waals surface area contributed by atoms with Crippen molar-refractivity contribution in [3.63, 3.8) is 0 Å². The van der Waals surface area contributed by atoms with Crippen molar-refractivity contribution in [3.05, 3.63) is 69.0 Å². The smallest absolute Gasteiger partial charge is 0.267 e. The van der Waals surface area contributed by atoms with Gasteiger partial charge in [-0.3, -0.25) is 18.9 Å². The van der Waals surface area contributed by atoms with E-state index in [9.17, 15) is 9.59 Å². The maximum absolute atomic E-state index is 13.4. The van der Waals surface area contributed by atoms with Crippen LogP contribution in [0, 0.1) is 0 Å². The van der Waals surface area contributed by atoms with Gasteiger partial charge in [-0.2, -0.15) is 0 Å². The first kappa shape index (κ1) is 27.6. The lowest BCUT2D eigenvalue weighted by molar-refractivity contribution is -0.122. The normalized spacial score (nSPS) is 14.5. The van der Waals surface area contributed by atoms with Crippen LogP contribution in [-0.2, 0) is 16.0 Å². The zero-order valence-electron chi connectivity index (χ0n) is 21.6. The zero-order valence-corrected chi connectivity index (χ0v) is 23.2. The first-order valence-electron chi connectivity index (χ1n) is 12.3. The highest BCUT2D eigenvalue weighted by Crippen LogP contribution is 2.34. The first-order chi connectivity index (χ1) is 18.5. The van der Waals surface area contributed by atoms with Gasteiger partial charge in [-0.1, -0.05) is 36.1 Å². The Balaban J connectivity index is 1.57. The van der Waals surface area contributed by atoms with E-state index in [-0.39, 0.29) is 11.5 Å². The van der Waals surface area contributed by atoms with Crippen LogP contribution in [0.4, 0.5) is 5.82 Å². The number of benzene rings is 1. The molecule has 1 amide bonds. The predicted octanol–water partition coefficient (Wildman–Crippen LogP) is 3.99. The second-order valence-electron chi connectivity index (χ2n) is 8.36. The number of aromatic nitrogens is 2. The van der Waals surface area contributed by atoms with Gasteiger partial charge in [0.15, 0.2) is 11.5 Å². The summed E-state index contributed by atoms with van der Waals surface area (Å²) in [6, 6.07) is 11.0. The fraction of sp³-hybridized carbons (Fsp3) is 0.333. The summed E-state index contributed by atoms with van der Waals surface area (Å²) in [6.07, 6.45) is 4.58. The van der Waals surface area contributed by atoms with Crippen molar-refractivity contribution < 1.29 is 19.0 Å². The van der Waals surface area contributed by atoms with E-state index in [0.29, 0.717) is 70.5 Å². The Hall–Kier alpha value is -3.41. The summed E-state index contributed by atoms with van der Waals surface area (Å²) in [7, 11) is 3.17. The Bertz CT molecular complexity index is 1420. The van der Waals surface area contributed by atoms with E-state index in [4.69, 9.17) is 26.4 Å². The van der Waals surface area contributed by atoms with Crippen LogP contribution >= 0.6 is 24.0 Å². The summed E-state index contributed by atoms with van der Waals surface area (Å²) in [5.41, 5.74) is 1.55. The van der Waals surface area contributed by atoms with Crippen molar-refractivity contribution in [3.8, 4) is 11.5 Å². The Labute approximate surface area is 230 Å². The topological polar surface area (TPSA) is 94.4 Å². The van der Waals surface area contributed by atoms with Gasteiger partial charge in [-0.25, -0.2) is 4.98 Å². The number of anilines is 1. The molecule has 1 aliphatic rings. The van der Waals surface area contributed by atoms with Crippen LogP contribution in [-0.4, -0.2) is 65.0 Å². The highest BCUT2D eigenvalue weighted by Gasteiger charge is 2.32. The largest absolute Gasteiger partial charge is 0.493 e. The molecule has 0 spiro atoms. The van der Waals surface area contributed by atoms with E-state index < -0.39 is 0 Å². The van der Waals surface area contributed by atoms with Gasteiger partial charge in [-0.15, -0.1) is 0 Å². The molecule has 0 atom stereocenters. The van der Waals surface area contributed by atoms with Gasteiger partial charge in [-0.05, 0) is 55.7 Å². The minimum absolute atomic E-state index is 0.236. The molecule has 2 aromatic heterocycles. The Morgan fingerprint density at radius 1 is 1.13 bits per heavy atom. The fourth-order valence-electron chi connectivity index (χ4n) is 3.99. The minimum atomic E-state index is -0.265. The van der Waals surface area contributed by atoms with Crippen LogP contribution in [0.5, 0.6) is 11.5 Å². The Morgan fingerprint density at radius 3 is 2.71 bits per heavy atom. The summed E-state index contributed by atoms with van der Waals surface area (Å²) in [5, 5.41) is 3.25. The molecule has 0 bridgehead atoms. The number of carbonyl (C=O) groups excluding carboxylic acids is 1.